The number of halogens is 1. The molecule has 16 heavy (non-hydrogen) atoms. The third-order valence-electron chi connectivity index (χ3n) is 2.01. The van der Waals surface area contributed by atoms with Crippen molar-refractivity contribution in [3.63, 3.8) is 0 Å². The van der Waals surface area contributed by atoms with Crippen LogP contribution in [0.5, 0.6) is 0 Å². The van der Waals surface area contributed by atoms with Crippen molar-refractivity contribution in [3.8, 4) is 6.07 Å². The summed E-state index contributed by atoms with van der Waals surface area (Å²) in [4.78, 5) is 12.9. The number of hydrogen-bond donors (Lipinski definition) is 1. The first-order chi connectivity index (χ1) is 7.67. The van der Waals surface area contributed by atoms with Crippen molar-refractivity contribution in [2.24, 2.45) is 0 Å². The number of rotatable bonds is 3. The van der Waals surface area contributed by atoms with Gasteiger partial charge in [-0.1, -0.05) is 6.07 Å². The van der Waals surface area contributed by atoms with Gasteiger partial charge in [0.25, 0.3) is 0 Å². The molecule has 0 unspecified atom stereocenters. The molecule has 0 aliphatic carbocycles. The molecule has 5 heteroatoms. The van der Waals surface area contributed by atoms with Crippen LogP contribution in [0.2, 0.25) is 0 Å². The van der Waals surface area contributed by atoms with E-state index in [1.807, 2.05) is 6.07 Å². The molecule has 0 saturated heterocycles. The molecular formula is C11H12FN3O. The van der Waals surface area contributed by atoms with E-state index in [9.17, 15) is 9.18 Å². The fourth-order valence-electron chi connectivity index (χ4n) is 1.18. The average molecular weight is 221 g/mol. The molecule has 0 bridgehead atoms. The Labute approximate surface area is 93.3 Å². The van der Waals surface area contributed by atoms with Gasteiger partial charge in [-0.05, 0) is 25.1 Å². The van der Waals surface area contributed by atoms with Gasteiger partial charge < -0.3 is 10.2 Å². The van der Waals surface area contributed by atoms with Crippen LogP contribution in [-0.2, 0) is 0 Å². The number of nitrogens with one attached hydrogen (secondary N) is 1. The van der Waals surface area contributed by atoms with E-state index in [2.05, 4.69) is 5.32 Å². The van der Waals surface area contributed by atoms with E-state index in [0.717, 1.165) is 0 Å². The summed E-state index contributed by atoms with van der Waals surface area (Å²) < 4.78 is 12.8. The molecule has 1 rings (SSSR count). The fourth-order valence-corrected chi connectivity index (χ4v) is 1.18. The minimum Gasteiger partial charge on any atom is -0.311 e. The molecule has 0 heterocycles. The zero-order valence-electron chi connectivity index (χ0n) is 8.90. The number of anilines is 1. The smallest absolute Gasteiger partial charge is 0.311 e. The standard InChI is InChI=1S/C11H12FN3O/c1-2-15(7-6-13)11(16)14-10-5-3-4-9(12)8-10/h3-5,8H,2,7H2,1H3,(H,14,16). The first kappa shape index (κ1) is 12.0. The Morgan fingerprint density at radius 3 is 2.94 bits per heavy atom. The average Bonchev–Trinajstić information content (AvgIpc) is 2.25. The van der Waals surface area contributed by atoms with Crippen LogP contribution >= 0.6 is 0 Å². The molecule has 0 spiro atoms. The number of nitrogens with zero attached hydrogens (tertiary/aromatic N) is 2. The molecule has 1 N–H and O–H groups in total. The van der Waals surface area contributed by atoms with Crippen molar-refractivity contribution >= 4 is 11.7 Å². The molecule has 84 valence electrons. The van der Waals surface area contributed by atoms with Crippen molar-refractivity contribution < 1.29 is 9.18 Å². The maximum atomic E-state index is 12.8. The number of nitriles is 1. The van der Waals surface area contributed by atoms with Crippen molar-refractivity contribution in [3.05, 3.63) is 30.1 Å². The second-order valence-corrected chi connectivity index (χ2v) is 3.11. The first-order valence-corrected chi connectivity index (χ1v) is 4.85. The molecule has 4 nitrogen and oxygen atoms in total. The number of benzene rings is 1. The monoisotopic (exact) mass is 221 g/mol. The molecule has 1 aromatic carbocycles. The predicted molar refractivity (Wildman–Crippen MR) is 58.3 cm³/mol. The first-order valence-electron chi connectivity index (χ1n) is 4.85. The number of carbonyl (C=O) groups excluding carboxylic acids is 1. The molecule has 0 atom stereocenters. The van der Waals surface area contributed by atoms with Gasteiger partial charge in [0.15, 0.2) is 0 Å². The fraction of sp³-hybridized carbons (Fsp3) is 0.273. The Morgan fingerprint density at radius 2 is 2.38 bits per heavy atom. The molecular weight excluding hydrogens is 209 g/mol. The van der Waals surface area contributed by atoms with Crippen LogP contribution in [0.1, 0.15) is 6.92 Å². The van der Waals surface area contributed by atoms with Gasteiger partial charge in [0, 0.05) is 12.2 Å². The summed E-state index contributed by atoms with van der Waals surface area (Å²) in [7, 11) is 0. The quantitative estimate of drug-likeness (QED) is 0.795. The Hall–Kier alpha value is -2.09. The molecule has 0 radical (unpaired) electrons. The van der Waals surface area contributed by atoms with Gasteiger partial charge in [0.2, 0.25) is 0 Å². The van der Waals surface area contributed by atoms with Crippen LogP contribution < -0.4 is 5.32 Å². The van der Waals surface area contributed by atoms with E-state index >= 15 is 0 Å². The van der Waals surface area contributed by atoms with E-state index in [-0.39, 0.29) is 6.54 Å². The van der Waals surface area contributed by atoms with Crippen molar-refractivity contribution in [1.82, 2.24) is 4.90 Å². The second kappa shape index (κ2) is 5.71. The van der Waals surface area contributed by atoms with Crippen LogP contribution in [0.3, 0.4) is 0 Å². The van der Waals surface area contributed by atoms with Gasteiger partial charge in [0.1, 0.15) is 12.4 Å². The third-order valence-corrected chi connectivity index (χ3v) is 2.01. The van der Waals surface area contributed by atoms with Gasteiger partial charge in [-0.3, -0.25) is 0 Å². The Balaban J connectivity index is 2.67. The molecule has 0 aliphatic heterocycles. The zero-order valence-corrected chi connectivity index (χ0v) is 8.90. The van der Waals surface area contributed by atoms with Gasteiger partial charge >= 0.3 is 6.03 Å². The highest BCUT2D eigenvalue weighted by atomic mass is 19.1. The summed E-state index contributed by atoms with van der Waals surface area (Å²) in [6.45, 7) is 2.20. The highest BCUT2D eigenvalue weighted by Gasteiger charge is 2.10. The van der Waals surface area contributed by atoms with Crippen LogP contribution in [0.4, 0.5) is 14.9 Å². The summed E-state index contributed by atoms with van der Waals surface area (Å²) in [5.41, 5.74) is 0.376. The molecule has 0 fully saturated rings. The summed E-state index contributed by atoms with van der Waals surface area (Å²) in [6.07, 6.45) is 0. The van der Waals surface area contributed by atoms with E-state index < -0.39 is 11.8 Å². The van der Waals surface area contributed by atoms with Crippen LogP contribution in [-0.4, -0.2) is 24.0 Å². The highest BCUT2D eigenvalue weighted by molar-refractivity contribution is 5.89. The largest absolute Gasteiger partial charge is 0.322 e. The van der Waals surface area contributed by atoms with Crippen LogP contribution in [0.15, 0.2) is 24.3 Å². The summed E-state index contributed by atoms with van der Waals surface area (Å²) in [6, 6.07) is 7.08. The third kappa shape index (κ3) is 3.24. The van der Waals surface area contributed by atoms with Crippen LogP contribution in [0.25, 0.3) is 0 Å². The lowest BCUT2D eigenvalue weighted by Crippen LogP contribution is -2.35. The molecule has 2 amide bonds. The van der Waals surface area contributed by atoms with E-state index in [1.165, 1.54) is 23.1 Å². The molecule has 1 aromatic rings. The van der Waals surface area contributed by atoms with E-state index in [4.69, 9.17) is 5.26 Å². The van der Waals surface area contributed by atoms with Gasteiger partial charge in [0.05, 0.1) is 6.07 Å². The topological polar surface area (TPSA) is 56.1 Å². The summed E-state index contributed by atoms with van der Waals surface area (Å²) in [5, 5.41) is 11.0. The second-order valence-electron chi connectivity index (χ2n) is 3.11. The van der Waals surface area contributed by atoms with E-state index in [1.54, 1.807) is 13.0 Å². The minimum atomic E-state index is -0.416. The predicted octanol–water partition coefficient (Wildman–Crippen LogP) is 2.20. The van der Waals surface area contributed by atoms with Crippen molar-refractivity contribution in [2.75, 3.05) is 18.4 Å². The lowest BCUT2D eigenvalue weighted by molar-refractivity contribution is 0.220. The van der Waals surface area contributed by atoms with Crippen molar-refractivity contribution in [1.29, 1.82) is 5.26 Å². The lowest BCUT2D eigenvalue weighted by Gasteiger charge is -2.17. The van der Waals surface area contributed by atoms with Crippen molar-refractivity contribution in [2.45, 2.75) is 6.92 Å². The molecule has 0 aliphatic rings. The van der Waals surface area contributed by atoms with E-state index in [0.29, 0.717) is 12.2 Å². The highest BCUT2D eigenvalue weighted by Crippen LogP contribution is 2.09. The SMILES string of the molecule is CCN(CC#N)C(=O)Nc1cccc(F)c1. The summed E-state index contributed by atoms with van der Waals surface area (Å²) in [5.74, 6) is -0.416. The molecule has 0 saturated carbocycles. The maximum absolute atomic E-state index is 12.8. The Bertz CT molecular complexity index is 414. The number of urea groups is 1. The maximum Gasteiger partial charge on any atom is 0.322 e. The molecule has 0 aromatic heterocycles. The number of carbonyl (C=O) groups is 1. The van der Waals surface area contributed by atoms with Gasteiger partial charge in [-0.2, -0.15) is 5.26 Å². The Morgan fingerprint density at radius 1 is 1.62 bits per heavy atom. The summed E-state index contributed by atoms with van der Waals surface area (Å²) >= 11 is 0. The normalized spacial score (nSPS) is 9.31. The number of hydrogen-bond acceptors (Lipinski definition) is 2. The van der Waals surface area contributed by atoms with Crippen LogP contribution in [0, 0.1) is 17.1 Å². The Kier molecular flexibility index (Phi) is 4.28. The van der Waals surface area contributed by atoms with Gasteiger partial charge in [-0.25, -0.2) is 9.18 Å². The zero-order chi connectivity index (χ0) is 12.0. The lowest BCUT2D eigenvalue weighted by atomic mass is 10.3. The minimum absolute atomic E-state index is 0.0116. The van der Waals surface area contributed by atoms with Gasteiger partial charge in [-0.15, -0.1) is 0 Å². The number of amides is 2.